The predicted molar refractivity (Wildman–Crippen MR) is 129 cm³/mol. The van der Waals surface area contributed by atoms with Gasteiger partial charge in [-0.3, -0.25) is 9.69 Å². The van der Waals surface area contributed by atoms with Crippen LogP contribution >= 0.6 is 11.6 Å². The fraction of sp³-hybridized carbons (Fsp3) is 0.360. The number of rotatable bonds is 8. The topological polar surface area (TPSA) is 72.9 Å². The Hall–Kier alpha value is -2.83. The van der Waals surface area contributed by atoms with Gasteiger partial charge < -0.3 is 15.3 Å². The van der Waals surface area contributed by atoms with Gasteiger partial charge in [0.05, 0.1) is 0 Å². The van der Waals surface area contributed by atoms with Crippen LogP contribution in [-0.2, 0) is 9.59 Å². The van der Waals surface area contributed by atoms with E-state index in [1.807, 2.05) is 60.7 Å². The average molecular weight is 456 g/mol. The highest BCUT2D eigenvalue weighted by Gasteiger charge is 2.26. The molecule has 1 atom stereocenters. The Morgan fingerprint density at radius 3 is 2.22 bits per heavy atom. The van der Waals surface area contributed by atoms with E-state index in [-0.39, 0.29) is 11.8 Å². The highest BCUT2D eigenvalue weighted by Crippen LogP contribution is 2.20. The first-order valence-corrected chi connectivity index (χ1v) is 11.2. The number of amides is 1. The monoisotopic (exact) mass is 455 g/mol. The molecule has 1 unspecified atom stereocenters. The molecule has 32 heavy (non-hydrogen) atoms. The number of halogens is 1. The molecule has 1 amide bonds. The molecule has 2 aromatic carbocycles. The van der Waals surface area contributed by atoms with Crippen molar-refractivity contribution in [1.82, 2.24) is 10.2 Å². The van der Waals surface area contributed by atoms with E-state index in [1.54, 1.807) is 13.8 Å². The van der Waals surface area contributed by atoms with Gasteiger partial charge in [0.1, 0.15) is 6.04 Å². The smallest absolute Gasteiger partial charge is 0.326 e. The number of piperazine rings is 1. The minimum Gasteiger partial charge on any atom is -0.480 e. The van der Waals surface area contributed by atoms with Gasteiger partial charge in [0.15, 0.2) is 0 Å². The summed E-state index contributed by atoms with van der Waals surface area (Å²) < 4.78 is 0. The van der Waals surface area contributed by atoms with Crippen LogP contribution in [-0.4, -0.2) is 60.6 Å². The van der Waals surface area contributed by atoms with E-state index in [4.69, 9.17) is 11.6 Å². The number of aliphatic carboxylic acids is 1. The van der Waals surface area contributed by atoms with Crippen molar-refractivity contribution in [1.29, 1.82) is 0 Å². The maximum absolute atomic E-state index is 13.1. The van der Waals surface area contributed by atoms with E-state index >= 15 is 0 Å². The number of nitrogens with one attached hydrogen (secondary N) is 1. The number of hydrogen-bond donors (Lipinski definition) is 2. The van der Waals surface area contributed by atoms with Crippen molar-refractivity contribution in [2.45, 2.75) is 19.9 Å². The number of anilines is 1. The van der Waals surface area contributed by atoms with Crippen molar-refractivity contribution in [3.05, 3.63) is 70.8 Å². The van der Waals surface area contributed by atoms with Gasteiger partial charge in [-0.15, -0.1) is 0 Å². The molecule has 1 fully saturated rings. The zero-order valence-electron chi connectivity index (χ0n) is 18.5. The maximum Gasteiger partial charge on any atom is 0.326 e. The van der Waals surface area contributed by atoms with Crippen molar-refractivity contribution in [2.75, 3.05) is 37.6 Å². The highest BCUT2D eigenvalue weighted by molar-refractivity contribution is 6.30. The summed E-state index contributed by atoms with van der Waals surface area (Å²) in [7, 11) is 0. The van der Waals surface area contributed by atoms with Gasteiger partial charge in [-0.2, -0.15) is 0 Å². The van der Waals surface area contributed by atoms with Crippen LogP contribution in [0.1, 0.15) is 19.4 Å². The molecule has 1 aliphatic heterocycles. The lowest BCUT2D eigenvalue weighted by atomic mass is 10.0. The zero-order valence-corrected chi connectivity index (χ0v) is 19.3. The van der Waals surface area contributed by atoms with Crippen molar-refractivity contribution in [3.8, 4) is 0 Å². The van der Waals surface area contributed by atoms with Crippen molar-refractivity contribution < 1.29 is 14.7 Å². The number of carbonyl (C=O) groups is 2. The molecule has 3 rings (SSSR count). The molecule has 1 aliphatic rings. The normalized spacial score (nSPS) is 16.1. The first kappa shape index (κ1) is 23.8. The third kappa shape index (κ3) is 6.58. The lowest BCUT2D eigenvalue weighted by molar-refractivity contribution is -0.142. The van der Waals surface area contributed by atoms with Gasteiger partial charge >= 0.3 is 5.97 Å². The van der Waals surface area contributed by atoms with Gasteiger partial charge in [0, 0.05) is 49.0 Å². The van der Waals surface area contributed by atoms with Gasteiger partial charge in [0.2, 0.25) is 5.91 Å². The zero-order chi connectivity index (χ0) is 23.1. The number of nitrogens with zero attached hydrogens (tertiary/aromatic N) is 2. The Morgan fingerprint density at radius 2 is 1.66 bits per heavy atom. The standard InChI is InChI=1S/C25H30ClN3O3/c1-18(2)23(25(31)32)27-24(30)20(16-19-6-4-3-5-7-19)17-28-12-14-29(15-13-28)22-10-8-21(26)9-11-22/h3-11,16,18,23H,12-15,17H2,1-2H3,(H,27,30)(H,31,32)/b20-16+. The van der Waals surface area contributed by atoms with Gasteiger partial charge in [-0.1, -0.05) is 55.8 Å². The minimum atomic E-state index is -1.02. The molecule has 0 bridgehead atoms. The summed E-state index contributed by atoms with van der Waals surface area (Å²) in [6.45, 7) is 7.31. The Bertz CT molecular complexity index is 937. The first-order chi connectivity index (χ1) is 15.3. The van der Waals surface area contributed by atoms with Crippen LogP contribution in [0.15, 0.2) is 60.2 Å². The van der Waals surface area contributed by atoms with Crippen LogP contribution < -0.4 is 10.2 Å². The summed E-state index contributed by atoms with van der Waals surface area (Å²) >= 11 is 5.99. The first-order valence-electron chi connectivity index (χ1n) is 10.9. The maximum atomic E-state index is 13.1. The molecular formula is C25H30ClN3O3. The third-order valence-corrected chi connectivity index (χ3v) is 5.86. The highest BCUT2D eigenvalue weighted by atomic mass is 35.5. The number of hydrogen-bond acceptors (Lipinski definition) is 4. The van der Waals surface area contributed by atoms with Crippen LogP contribution in [0.4, 0.5) is 5.69 Å². The molecule has 170 valence electrons. The van der Waals surface area contributed by atoms with E-state index < -0.39 is 12.0 Å². The Morgan fingerprint density at radius 1 is 1.03 bits per heavy atom. The summed E-state index contributed by atoms with van der Waals surface area (Å²) in [6.07, 6.45) is 1.85. The van der Waals surface area contributed by atoms with Gasteiger partial charge in [0.25, 0.3) is 0 Å². The lowest BCUT2D eigenvalue weighted by Crippen LogP contribution is -2.49. The van der Waals surface area contributed by atoms with E-state index in [2.05, 4.69) is 15.1 Å². The van der Waals surface area contributed by atoms with Crippen molar-refractivity contribution >= 4 is 35.2 Å². The molecule has 7 heteroatoms. The molecule has 1 heterocycles. The fourth-order valence-electron chi connectivity index (χ4n) is 3.74. The summed E-state index contributed by atoms with van der Waals surface area (Å²) in [4.78, 5) is 29.2. The van der Waals surface area contributed by atoms with Crippen LogP contribution in [0.25, 0.3) is 6.08 Å². The Balaban J connectivity index is 1.70. The van der Waals surface area contributed by atoms with Crippen LogP contribution in [0.5, 0.6) is 0 Å². The number of carboxylic acid groups (broad SMARTS) is 1. The van der Waals surface area contributed by atoms with E-state index in [9.17, 15) is 14.7 Å². The predicted octanol–water partition coefficient (Wildman–Crippen LogP) is 3.77. The number of carbonyl (C=O) groups excluding carboxylic acids is 1. The third-order valence-electron chi connectivity index (χ3n) is 5.61. The van der Waals surface area contributed by atoms with Crippen LogP contribution in [0, 0.1) is 5.92 Å². The molecule has 2 aromatic rings. The van der Waals surface area contributed by atoms with E-state index in [0.717, 1.165) is 42.5 Å². The van der Waals surface area contributed by atoms with E-state index in [0.29, 0.717) is 12.1 Å². The Labute approximate surface area is 194 Å². The molecule has 2 N–H and O–H groups in total. The lowest BCUT2D eigenvalue weighted by Gasteiger charge is -2.36. The quantitative estimate of drug-likeness (QED) is 0.593. The molecule has 0 spiro atoms. The van der Waals surface area contributed by atoms with Crippen molar-refractivity contribution in [3.63, 3.8) is 0 Å². The van der Waals surface area contributed by atoms with Gasteiger partial charge in [-0.25, -0.2) is 4.79 Å². The fourth-order valence-corrected chi connectivity index (χ4v) is 3.86. The molecule has 1 saturated heterocycles. The molecule has 0 aromatic heterocycles. The summed E-state index contributed by atoms with van der Waals surface area (Å²) in [6, 6.07) is 16.5. The molecular weight excluding hydrogens is 426 g/mol. The SMILES string of the molecule is CC(C)C(NC(=O)/C(=C/c1ccccc1)CN1CCN(c2ccc(Cl)cc2)CC1)C(=O)O. The van der Waals surface area contributed by atoms with Crippen LogP contribution in [0.2, 0.25) is 5.02 Å². The summed E-state index contributed by atoms with van der Waals surface area (Å²) in [5, 5.41) is 12.9. The molecule has 6 nitrogen and oxygen atoms in total. The largest absolute Gasteiger partial charge is 0.480 e. The van der Waals surface area contributed by atoms with Gasteiger partial charge in [-0.05, 0) is 41.8 Å². The summed E-state index contributed by atoms with van der Waals surface area (Å²) in [5.41, 5.74) is 2.60. The summed E-state index contributed by atoms with van der Waals surface area (Å²) in [5.74, 6) is -1.57. The second-order valence-electron chi connectivity index (χ2n) is 8.35. The Kier molecular flexibility index (Phi) is 8.31. The second-order valence-corrected chi connectivity index (χ2v) is 8.79. The average Bonchev–Trinajstić information content (AvgIpc) is 2.78. The van der Waals surface area contributed by atoms with Crippen LogP contribution in [0.3, 0.4) is 0 Å². The minimum absolute atomic E-state index is 0.211. The molecule has 0 radical (unpaired) electrons. The van der Waals surface area contributed by atoms with E-state index in [1.165, 1.54) is 0 Å². The number of carboxylic acids is 1. The second kappa shape index (κ2) is 11.2. The molecule has 0 aliphatic carbocycles. The molecule has 0 saturated carbocycles. The van der Waals surface area contributed by atoms with Crippen molar-refractivity contribution in [2.24, 2.45) is 5.92 Å². The number of benzene rings is 2.